The topological polar surface area (TPSA) is 12.0 Å². The molecule has 102 valence electrons. The van der Waals surface area contributed by atoms with Crippen LogP contribution in [0.4, 0.5) is 0 Å². The van der Waals surface area contributed by atoms with Crippen molar-refractivity contribution in [3.63, 3.8) is 0 Å². The molecule has 0 aromatic heterocycles. The average Bonchev–Trinajstić information content (AvgIpc) is 2.45. The highest BCUT2D eigenvalue weighted by molar-refractivity contribution is 7.98. The van der Waals surface area contributed by atoms with Gasteiger partial charge in [-0.05, 0) is 29.8 Å². The SMILES string of the molecule is CCNCc1ccc(SCc2ccccc2)cc1.Cl. The molecule has 0 saturated carbocycles. The molecule has 1 N–H and O–H groups in total. The van der Waals surface area contributed by atoms with Gasteiger partial charge in [0.25, 0.3) is 0 Å². The van der Waals surface area contributed by atoms with Crippen LogP contribution in [0.5, 0.6) is 0 Å². The number of rotatable bonds is 6. The Morgan fingerprint density at radius 3 is 2.21 bits per heavy atom. The number of hydrogen-bond acceptors (Lipinski definition) is 2. The summed E-state index contributed by atoms with van der Waals surface area (Å²) < 4.78 is 0. The second kappa shape index (κ2) is 9.03. The molecule has 0 radical (unpaired) electrons. The first-order chi connectivity index (χ1) is 8.88. The van der Waals surface area contributed by atoms with Crippen LogP contribution >= 0.6 is 24.2 Å². The van der Waals surface area contributed by atoms with Crippen molar-refractivity contribution < 1.29 is 0 Å². The van der Waals surface area contributed by atoms with Crippen LogP contribution in [-0.4, -0.2) is 6.54 Å². The molecular weight excluding hydrogens is 274 g/mol. The Labute approximate surface area is 126 Å². The molecule has 0 fully saturated rings. The molecule has 0 aliphatic rings. The average molecular weight is 294 g/mol. The monoisotopic (exact) mass is 293 g/mol. The molecular formula is C16H20ClNS. The lowest BCUT2D eigenvalue weighted by Crippen LogP contribution is -2.11. The Balaban J connectivity index is 0.00000180. The van der Waals surface area contributed by atoms with Crippen LogP contribution < -0.4 is 5.32 Å². The summed E-state index contributed by atoms with van der Waals surface area (Å²) in [5.74, 6) is 1.04. The van der Waals surface area contributed by atoms with Crippen molar-refractivity contribution in [3.05, 3.63) is 65.7 Å². The van der Waals surface area contributed by atoms with Gasteiger partial charge in [0.05, 0.1) is 0 Å². The lowest BCUT2D eigenvalue weighted by atomic mass is 10.2. The Bertz CT molecular complexity index is 456. The molecule has 0 amide bonds. The van der Waals surface area contributed by atoms with Crippen LogP contribution in [0.2, 0.25) is 0 Å². The summed E-state index contributed by atoms with van der Waals surface area (Å²) in [4.78, 5) is 1.33. The molecule has 0 saturated heterocycles. The van der Waals surface area contributed by atoms with E-state index in [4.69, 9.17) is 0 Å². The fourth-order valence-electron chi connectivity index (χ4n) is 1.71. The fraction of sp³-hybridized carbons (Fsp3) is 0.250. The van der Waals surface area contributed by atoms with Gasteiger partial charge in [0.15, 0.2) is 0 Å². The number of benzene rings is 2. The van der Waals surface area contributed by atoms with Crippen molar-refractivity contribution in [2.24, 2.45) is 0 Å². The minimum atomic E-state index is 0. The van der Waals surface area contributed by atoms with E-state index in [-0.39, 0.29) is 12.4 Å². The van der Waals surface area contributed by atoms with E-state index in [9.17, 15) is 0 Å². The van der Waals surface area contributed by atoms with Crippen molar-refractivity contribution in [2.75, 3.05) is 6.54 Å². The van der Waals surface area contributed by atoms with Gasteiger partial charge in [-0.25, -0.2) is 0 Å². The highest BCUT2D eigenvalue weighted by Crippen LogP contribution is 2.22. The third-order valence-corrected chi connectivity index (χ3v) is 3.83. The number of halogens is 1. The van der Waals surface area contributed by atoms with E-state index in [2.05, 4.69) is 66.8 Å². The molecule has 2 aromatic rings. The van der Waals surface area contributed by atoms with Crippen LogP contribution in [0.15, 0.2) is 59.5 Å². The van der Waals surface area contributed by atoms with Crippen molar-refractivity contribution in [1.82, 2.24) is 5.32 Å². The predicted octanol–water partition coefficient (Wildman–Crippen LogP) is 4.51. The van der Waals surface area contributed by atoms with E-state index >= 15 is 0 Å². The highest BCUT2D eigenvalue weighted by atomic mass is 35.5. The smallest absolute Gasteiger partial charge is 0.0231 e. The van der Waals surface area contributed by atoms with Crippen LogP contribution in [0, 0.1) is 0 Å². The van der Waals surface area contributed by atoms with Crippen molar-refractivity contribution in [2.45, 2.75) is 24.1 Å². The van der Waals surface area contributed by atoms with E-state index in [0.29, 0.717) is 0 Å². The zero-order valence-corrected chi connectivity index (χ0v) is 12.8. The Morgan fingerprint density at radius 1 is 0.895 bits per heavy atom. The summed E-state index contributed by atoms with van der Waals surface area (Å²) >= 11 is 1.89. The number of nitrogens with one attached hydrogen (secondary N) is 1. The van der Waals surface area contributed by atoms with Gasteiger partial charge in [0, 0.05) is 17.2 Å². The minimum Gasteiger partial charge on any atom is -0.313 e. The molecule has 3 heteroatoms. The van der Waals surface area contributed by atoms with Gasteiger partial charge >= 0.3 is 0 Å². The van der Waals surface area contributed by atoms with Crippen LogP contribution in [0.1, 0.15) is 18.1 Å². The maximum Gasteiger partial charge on any atom is 0.0231 e. The summed E-state index contributed by atoms with van der Waals surface area (Å²) in [7, 11) is 0. The first-order valence-corrected chi connectivity index (χ1v) is 7.33. The Morgan fingerprint density at radius 2 is 1.58 bits per heavy atom. The second-order valence-corrected chi connectivity index (χ2v) is 5.25. The fourth-order valence-corrected chi connectivity index (χ4v) is 2.57. The normalized spacial score (nSPS) is 9.95. The third-order valence-electron chi connectivity index (χ3n) is 2.75. The number of hydrogen-bond donors (Lipinski definition) is 1. The molecule has 0 spiro atoms. The lowest BCUT2D eigenvalue weighted by Gasteiger charge is -2.05. The zero-order chi connectivity index (χ0) is 12.6. The van der Waals surface area contributed by atoms with E-state index < -0.39 is 0 Å². The Kier molecular flexibility index (Phi) is 7.65. The summed E-state index contributed by atoms with van der Waals surface area (Å²) in [6.07, 6.45) is 0. The zero-order valence-electron chi connectivity index (χ0n) is 11.1. The van der Waals surface area contributed by atoms with Gasteiger partial charge in [-0.2, -0.15) is 0 Å². The van der Waals surface area contributed by atoms with Gasteiger partial charge in [0.1, 0.15) is 0 Å². The maximum atomic E-state index is 3.34. The third kappa shape index (κ3) is 5.68. The van der Waals surface area contributed by atoms with Crippen molar-refractivity contribution >= 4 is 24.2 Å². The summed E-state index contributed by atoms with van der Waals surface area (Å²) in [6.45, 7) is 4.11. The molecule has 0 atom stereocenters. The second-order valence-electron chi connectivity index (χ2n) is 4.20. The van der Waals surface area contributed by atoms with Crippen molar-refractivity contribution in [3.8, 4) is 0 Å². The maximum absolute atomic E-state index is 3.34. The largest absolute Gasteiger partial charge is 0.313 e. The highest BCUT2D eigenvalue weighted by Gasteiger charge is 1.97. The summed E-state index contributed by atoms with van der Waals surface area (Å²) in [5.41, 5.74) is 2.72. The van der Waals surface area contributed by atoms with Gasteiger partial charge in [0.2, 0.25) is 0 Å². The first-order valence-electron chi connectivity index (χ1n) is 6.35. The molecule has 2 rings (SSSR count). The summed E-state index contributed by atoms with van der Waals surface area (Å²) in [6, 6.07) is 19.4. The molecule has 19 heavy (non-hydrogen) atoms. The summed E-state index contributed by atoms with van der Waals surface area (Å²) in [5, 5.41) is 3.34. The van der Waals surface area contributed by atoms with Gasteiger partial charge < -0.3 is 5.32 Å². The van der Waals surface area contributed by atoms with E-state index in [1.165, 1.54) is 16.0 Å². The molecule has 1 nitrogen and oxygen atoms in total. The lowest BCUT2D eigenvalue weighted by molar-refractivity contribution is 0.726. The predicted molar refractivity (Wildman–Crippen MR) is 87.1 cm³/mol. The van der Waals surface area contributed by atoms with E-state index in [1.807, 2.05) is 11.8 Å². The van der Waals surface area contributed by atoms with E-state index in [0.717, 1.165) is 18.8 Å². The van der Waals surface area contributed by atoms with Gasteiger partial charge in [-0.3, -0.25) is 0 Å². The van der Waals surface area contributed by atoms with Gasteiger partial charge in [-0.1, -0.05) is 49.4 Å². The minimum absolute atomic E-state index is 0. The van der Waals surface area contributed by atoms with E-state index in [1.54, 1.807) is 0 Å². The molecule has 0 heterocycles. The first kappa shape index (κ1) is 16.1. The molecule has 0 bridgehead atoms. The molecule has 0 aliphatic carbocycles. The Hall–Kier alpha value is -0.960. The molecule has 0 unspecified atom stereocenters. The van der Waals surface area contributed by atoms with Crippen LogP contribution in [-0.2, 0) is 12.3 Å². The van der Waals surface area contributed by atoms with Crippen LogP contribution in [0.3, 0.4) is 0 Å². The van der Waals surface area contributed by atoms with Gasteiger partial charge in [-0.15, -0.1) is 24.2 Å². The van der Waals surface area contributed by atoms with Crippen molar-refractivity contribution in [1.29, 1.82) is 0 Å². The number of thioether (sulfide) groups is 1. The molecule has 2 aromatic carbocycles. The quantitative estimate of drug-likeness (QED) is 0.787. The molecule has 0 aliphatic heterocycles. The van der Waals surface area contributed by atoms with Crippen LogP contribution in [0.25, 0.3) is 0 Å². The standard InChI is InChI=1S/C16H19NS.ClH/c1-2-17-12-14-8-10-16(11-9-14)18-13-15-6-4-3-5-7-15;/h3-11,17H,2,12-13H2,1H3;1H.